The molecule has 0 spiro atoms. The molecule has 0 saturated carbocycles. The molecule has 0 N–H and O–H groups in total. The van der Waals surface area contributed by atoms with E-state index in [1.807, 2.05) is 0 Å². The fraction of sp³-hybridized carbons (Fsp3) is 0.655. The van der Waals surface area contributed by atoms with E-state index < -0.39 is 0 Å². The average Bonchev–Trinajstić information content (AvgIpc) is 2.77. The van der Waals surface area contributed by atoms with Gasteiger partial charge < -0.3 is 9.47 Å². The summed E-state index contributed by atoms with van der Waals surface area (Å²) in [6.07, 6.45) is 18.4. The van der Waals surface area contributed by atoms with Crippen LogP contribution in [0.2, 0.25) is 0 Å². The normalized spacial score (nSPS) is 11.2. The lowest BCUT2D eigenvalue weighted by Crippen LogP contribution is -1.99. The highest BCUT2D eigenvalue weighted by atomic mass is 16.5. The molecule has 0 atom stereocenters. The summed E-state index contributed by atoms with van der Waals surface area (Å²) in [5.74, 6) is 2.00. The van der Waals surface area contributed by atoms with Crippen LogP contribution in [-0.2, 0) is 0 Å². The maximum atomic E-state index is 6.10. The molecule has 0 aliphatic rings. The van der Waals surface area contributed by atoms with Gasteiger partial charge in [0.25, 0.3) is 0 Å². The molecule has 31 heavy (non-hydrogen) atoms. The van der Waals surface area contributed by atoms with E-state index in [0.717, 1.165) is 37.6 Å². The van der Waals surface area contributed by atoms with Gasteiger partial charge in [-0.3, -0.25) is 0 Å². The van der Waals surface area contributed by atoms with Crippen molar-refractivity contribution in [3.8, 4) is 11.5 Å². The maximum Gasteiger partial charge on any atom is 0.122 e. The number of hydrogen-bond donors (Lipinski definition) is 0. The second kappa shape index (κ2) is 16.0. The predicted molar refractivity (Wildman–Crippen MR) is 136 cm³/mol. The van der Waals surface area contributed by atoms with E-state index in [1.165, 1.54) is 93.4 Å². The van der Waals surface area contributed by atoms with Crippen LogP contribution in [0.4, 0.5) is 0 Å². The van der Waals surface area contributed by atoms with E-state index in [-0.39, 0.29) is 0 Å². The van der Waals surface area contributed by atoms with Crippen LogP contribution in [-0.4, -0.2) is 13.2 Å². The molecule has 0 unspecified atom stereocenters. The van der Waals surface area contributed by atoms with Crippen LogP contribution in [0.5, 0.6) is 11.5 Å². The maximum absolute atomic E-state index is 6.10. The average molecular weight is 427 g/mol. The van der Waals surface area contributed by atoms with Gasteiger partial charge in [-0.05, 0) is 60.4 Å². The molecule has 0 radical (unpaired) electrons. The Hall–Kier alpha value is -1.70. The molecule has 0 aliphatic carbocycles. The van der Waals surface area contributed by atoms with Crippen LogP contribution >= 0.6 is 0 Å². The molecule has 0 amide bonds. The third-order valence-electron chi connectivity index (χ3n) is 6.13. The van der Waals surface area contributed by atoms with E-state index in [9.17, 15) is 0 Å². The first-order chi connectivity index (χ1) is 15.2. The third kappa shape index (κ3) is 10.4. The molecule has 0 saturated heterocycles. The Bertz CT molecular complexity index is 722. The smallest absolute Gasteiger partial charge is 0.122 e. The lowest BCUT2D eigenvalue weighted by molar-refractivity contribution is 0.302. The van der Waals surface area contributed by atoms with Crippen LogP contribution < -0.4 is 9.47 Å². The van der Waals surface area contributed by atoms with E-state index >= 15 is 0 Å². The zero-order valence-corrected chi connectivity index (χ0v) is 20.5. The Morgan fingerprint density at radius 2 is 1.10 bits per heavy atom. The fourth-order valence-electron chi connectivity index (χ4n) is 4.10. The van der Waals surface area contributed by atoms with Gasteiger partial charge in [0.15, 0.2) is 0 Å². The molecule has 0 fully saturated rings. The van der Waals surface area contributed by atoms with Crippen LogP contribution in [0.15, 0.2) is 30.3 Å². The Balaban J connectivity index is 1.71. The van der Waals surface area contributed by atoms with Crippen molar-refractivity contribution in [2.24, 2.45) is 0 Å². The van der Waals surface area contributed by atoms with Gasteiger partial charge in [0.05, 0.1) is 13.2 Å². The van der Waals surface area contributed by atoms with Crippen LogP contribution in [0, 0.1) is 6.92 Å². The molecule has 0 heterocycles. The Labute approximate surface area is 191 Å². The molecular formula is C29H46O2. The van der Waals surface area contributed by atoms with E-state index in [1.54, 1.807) is 0 Å². The van der Waals surface area contributed by atoms with E-state index in [2.05, 4.69) is 51.1 Å². The third-order valence-corrected chi connectivity index (χ3v) is 6.13. The molecule has 0 bridgehead atoms. The highest BCUT2D eigenvalue weighted by molar-refractivity contribution is 5.86. The fourth-order valence-corrected chi connectivity index (χ4v) is 4.10. The molecule has 174 valence electrons. The number of aryl methyl sites for hydroxylation is 1. The van der Waals surface area contributed by atoms with Crippen molar-refractivity contribution in [1.82, 2.24) is 0 Å². The van der Waals surface area contributed by atoms with Crippen molar-refractivity contribution in [3.63, 3.8) is 0 Å². The standard InChI is InChI=1S/C29H46O2/c1-4-6-8-10-12-14-16-20-30-28-19-18-26-24-29(25(3)22-27(26)23-28)31-21-17-15-13-11-9-7-5-2/h18-19,22-24H,4-17,20-21H2,1-3H3. The first-order valence-corrected chi connectivity index (χ1v) is 13.0. The summed E-state index contributed by atoms with van der Waals surface area (Å²) in [4.78, 5) is 0. The van der Waals surface area contributed by atoms with Gasteiger partial charge in [0, 0.05) is 0 Å². The first kappa shape index (κ1) is 25.6. The van der Waals surface area contributed by atoms with Gasteiger partial charge in [-0.25, -0.2) is 0 Å². The number of hydrogen-bond acceptors (Lipinski definition) is 2. The molecule has 2 rings (SSSR count). The zero-order chi connectivity index (χ0) is 22.2. The monoisotopic (exact) mass is 426 g/mol. The first-order valence-electron chi connectivity index (χ1n) is 13.0. The zero-order valence-electron chi connectivity index (χ0n) is 20.5. The van der Waals surface area contributed by atoms with E-state index in [0.29, 0.717) is 0 Å². The quantitative estimate of drug-likeness (QED) is 0.221. The summed E-state index contributed by atoms with van der Waals surface area (Å²) in [7, 11) is 0. The molecule has 0 aromatic heterocycles. The minimum absolute atomic E-state index is 0.817. The number of ether oxygens (including phenoxy) is 2. The number of fused-ring (bicyclic) bond motifs is 1. The Kier molecular flexibility index (Phi) is 13.2. The van der Waals surface area contributed by atoms with Crippen LogP contribution in [0.25, 0.3) is 10.8 Å². The van der Waals surface area contributed by atoms with Gasteiger partial charge in [0.1, 0.15) is 11.5 Å². The highest BCUT2D eigenvalue weighted by Gasteiger charge is 2.05. The van der Waals surface area contributed by atoms with Crippen molar-refractivity contribution >= 4 is 10.8 Å². The summed E-state index contributed by atoms with van der Waals surface area (Å²) < 4.78 is 12.1. The SMILES string of the molecule is CCCCCCCCCOc1ccc2cc(OCCCCCCCCC)c(C)cc2c1. The Morgan fingerprint density at radius 1 is 0.548 bits per heavy atom. The van der Waals surface area contributed by atoms with Gasteiger partial charge >= 0.3 is 0 Å². The minimum atomic E-state index is 0.817. The lowest BCUT2D eigenvalue weighted by Gasteiger charge is -2.12. The number of benzene rings is 2. The van der Waals surface area contributed by atoms with Gasteiger partial charge in [-0.15, -0.1) is 0 Å². The minimum Gasteiger partial charge on any atom is -0.494 e. The molecule has 2 aromatic carbocycles. The topological polar surface area (TPSA) is 18.5 Å². The molecule has 0 aliphatic heterocycles. The summed E-state index contributed by atoms with van der Waals surface area (Å²) in [5, 5.41) is 2.46. The van der Waals surface area contributed by atoms with Gasteiger partial charge in [0.2, 0.25) is 0 Å². The van der Waals surface area contributed by atoms with Crippen molar-refractivity contribution < 1.29 is 9.47 Å². The summed E-state index contributed by atoms with van der Waals surface area (Å²) in [6.45, 7) is 8.32. The molecule has 2 aromatic rings. The summed E-state index contributed by atoms with van der Waals surface area (Å²) in [6, 6.07) is 10.8. The lowest BCUT2D eigenvalue weighted by atomic mass is 10.1. The van der Waals surface area contributed by atoms with Crippen LogP contribution in [0.3, 0.4) is 0 Å². The van der Waals surface area contributed by atoms with Crippen molar-refractivity contribution in [2.45, 2.75) is 111 Å². The highest BCUT2D eigenvalue weighted by Crippen LogP contribution is 2.28. The summed E-state index contributed by atoms with van der Waals surface area (Å²) in [5.41, 5.74) is 1.21. The summed E-state index contributed by atoms with van der Waals surface area (Å²) >= 11 is 0. The number of unbranched alkanes of at least 4 members (excludes halogenated alkanes) is 12. The van der Waals surface area contributed by atoms with Crippen molar-refractivity contribution in [2.75, 3.05) is 13.2 Å². The second-order valence-electron chi connectivity index (χ2n) is 9.07. The number of rotatable bonds is 18. The molecule has 2 heteroatoms. The van der Waals surface area contributed by atoms with Gasteiger partial charge in [-0.1, -0.05) is 97.0 Å². The van der Waals surface area contributed by atoms with E-state index in [4.69, 9.17) is 9.47 Å². The van der Waals surface area contributed by atoms with Crippen LogP contribution in [0.1, 0.15) is 109 Å². The second-order valence-corrected chi connectivity index (χ2v) is 9.07. The Morgan fingerprint density at radius 3 is 1.71 bits per heavy atom. The largest absolute Gasteiger partial charge is 0.494 e. The van der Waals surface area contributed by atoms with Crippen molar-refractivity contribution in [3.05, 3.63) is 35.9 Å². The van der Waals surface area contributed by atoms with Crippen molar-refractivity contribution in [1.29, 1.82) is 0 Å². The molecule has 2 nitrogen and oxygen atoms in total. The van der Waals surface area contributed by atoms with Gasteiger partial charge in [-0.2, -0.15) is 0 Å². The predicted octanol–water partition coefficient (Wildman–Crippen LogP) is 9.41. The molecular weight excluding hydrogens is 380 g/mol.